The van der Waals surface area contributed by atoms with Crippen molar-refractivity contribution in [3.63, 3.8) is 0 Å². The van der Waals surface area contributed by atoms with Crippen LogP contribution in [0.4, 0.5) is 0 Å². The molecule has 1 atom stereocenters. The van der Waals surface area contributed by atoms with Crippen molar-refractivity contribution in [1.82, 2.24) is 25.1 Å². The van der Waals surface area contributed by atoms with Gasteiger partial charge in [-0.25, -0.2) is 18.1 Å². The first-order valence-electron chi connectivity index (χ1n) is 11.8. The number of carbonyl (C=O) groups is 1. The Hall–Kier alpha value is -3.99. The fourth-order valence-electron chi connectivity index (χ4n) is 4.64. The fourth-order valence-corrected chi connectivity index (χ4v) is 6.33. The second-order valence-electron chi connectivity index (χ2n) is 8.95. The van der Waals surface area contributed by atoms with Gasteiger partial charge in [-0.3, -0.25) is 9.78 Å². The molecule has 11 heteroatoms. The number of hydrogen-bond donors (Lipinski definition) is 1. The lowest BCUT2D eigenvalue weighted by molar-refractivity contribution is 0.0952. The van der Waals surface area contributed by atoms with Gasteiger partial charge < -0.3 is 14.8 Å². The van der Waals surface area contributed by atoms with Crippen LogP contribution in [-0.2, 0) is 16.4 Å². The molecule has 3 aromatic heterocycles. The number of benzene rings is 1. The Morgan fingerprint density at radius 2 is 1.86 bits per heavy atom. The number of amides is 1. The number of aryl methyl sites for hydroxylation is 1. The molecule has 10 nitrogen and oxygen atoms in total. The molecule has 5 rings (SSSR count). The predicted molar refractivity (Wildman–Crippen MR) is 139 cm³/mol. The van der Waals surface area contributed by atoms with E-state index in [4.69, 9.17) is 14.5 Å². The number of pyridine rings is 2. The van der Waals surface area contributed by atoms with Crippen molar-refractivity contribution in [2.75, 3.05) is 25.7 Å². The van der Waals surface area contributed by atoms with Crippen LogP contribution in [-0.4, -0.2) is 59.8 Å². The number of hydrogen-bond acceptors (Lipinski definition) is 8. The number of nitrogens with zero attached hydrogens (tertiary/aromatic N) is 4. The highest BCUT2D eigenvalue weighted by atomic mass is 32.2. The Labute approximate surface area is 214 Å². The number of ether oxygens (including phenoxy) is 2. The summed E-state index contributed by atoms with van der Waals surface area (Å²) in [4.78, 5) is 22.4. The maximum Gasteiger partial charge on any atom is 0.252 e. The first-order valence-corrected chi connectivity index (χ1v) is 13.6. The van der Waals surface area contributed by atoms with Crippen LogP contribution >= 0.6 is 0 Å². The summed E-state index contributed by atoms with van der Waals surface area (Å²) >= 11 is 0. The Bertz CT molecular complexity index is 1580. The minimum Gasteiger partial charge on any atom is -0.493 e. The summed E-state index contributed by atoms with van der Waals surface area (Å²) in [6.07, 6.45) is 3.79. The van der Waals surface area contributed by atoms with Crippen molar-refractivity contribution in [3.05, 3.63) is 65.6 Å². The quantitative estimate of drug-likeness (QED) is 0.393. The third-order valence-electron chi connectivity index (χ3n) is 6.52. The van der Waals surface area contributed by atoms with Gasteiger partial charge in [-0.1, -0.05) is 0 Å². The van der Waals surface area contributed by atoms with E-state index in [1.807, 2.05) is 18.2 Å². The molecule has 37 heavy (non-hydrogen) atoms. The summed E-state index contributed by atoms with van der Waals surface area (Å²) in [5.74, 6) is 0.909. The molecule has 1 saturated heterocycles. The van der Waals surface area contributed by atoms with Crippen LogP contribution in [0.3, 0.4) is 0 Å². The smallest absolute Gasteiger partial charge is 0.252 e. The van der Waals surface area contributed by atoms with Crippen molar-refractivity contribution in [1.29, 1.82) is 0 Å². The maximum atomic E-state index is 13.5. The van der Waals surface area contributed by atoms with Gasteiger partial charge in [-0.05, 0) is 55.3 Å². The van der Waals surface area contributed by atoms with Gasteiger partial charge in [0, 0.05) is 24.5 Å². The molecule has 0 radical (unpaired) electrons. The fraction of sp³-hybridized carbons (Fsp3) is 0.308. The molecule has 4 aromatic rings. The molecule has 0 spiro atoms. The number of aromatic nitrogens is 4. The number of methoxy groups -OCH3 is 2. The Morgan fingerprint density at radius 3 is 2.54 bits per heavy atom. The van der Waals surface area contributed by atoms with Gasteiger partial charge in [0.15, 0.2) is 27.0 Å². The Kier molecular flexibility index (Phi) is 6.55. The van der Waals surface area contributed by atoms with Gasteiger partial charge in [-0.2, -0.15) is 5.10 Å². The van der Waals surface area contributed by atoms with E-state index in [2.05, 4.69) is 15.4 Å². The van der Waals surface area contributed by atoms with Gasteiger partial charge in [0.2, 0.25) is 0 Å². The number of carbonyl (C=O) groups excluding carboxylic acids is 1. The summed E-state index contributed by atoms with van der Waals surface area (Å²) in [5, 5.41) is 8.22. The van der Waals surface area contributed by atoms with Crippen molar-refractivity contribution in [2.45, 2.75) is 25.9 Å². The van der Waals surface area contributed by atoms with Crippen LogP contribution in [0.1, 0.15) is 34.1 Å². The summed E-state index contributed by atoms with van der Waals surface area (Å²) in [7, 11) is -0.0407. The lowest BCUT2D eigenvalue weighted by atomic mass is 10.0. The molecule has 4 heterocycles. The summed E-state index contributed by atoms with van der Waals surface area (Å²) < 4.78 is 36.9. The standard InChI is InChI=1S/C26H27N5O5S/c1-16-24-20(26(32)28-14-17-6-9-27-10-7-17)13-21(18-4-5-22(35-2)23(12-18)36-3)29-25(24)31(30-16)19-8-11-37(33,34)15-19/h4-7,9-10,12-13,19H,8,11,14-15H2,1-3H3,(H,28,32). The molecular formula is C26H27N5O5S. The van der Waals surface area contributed by atoms with Crippen LogP contribution in [0.15, 0.2) is 48.8 Å². The van der Waals surface area contributed by atoms with Crippen molar-refractivity contribution in [2.24, 2.45) is 0 Å². The van der Waals surface area contributed by atoms with Crippen LogP contribution in [0, 0.1) is 6.92 Å². The zero-order valence-electron chi connectivity index (χ0n) is 20.8. The number of fused-ring (bicyclic) bond motifs is 1. The number of nitrogens with one attached hydrogen (secondary N) is 1. The Morgan fingerprint density at radius 1 is 1.11 bits per heavy atom. The lowest BCUT2D eigenvalue weighted by Crippen LogP contribution is -2.23. The molecule has 1 unspecified atom stereocenters. The average molecular weight is 522 g/mol. The molecule has 192 valence electrons. The Balaban J connectivity index is 1.64. The number of sulfone groups is 1. The monoisotopic (exact) mass is 521 g/mol. The van der Waals surface area contributed by atoms with Crippen LogP contribution in [0.2, 0.25) is 0 Å². The summed E-state index contributed by atoms with van der Waals surface area (Å²) in [5.41, 5.74) is 3.66. The number of rotatable bonds is 7. The molecule has 0 saturated carbocycles. The first kappa shape index (κ1) is 24.7. The minimum atomic E-state index is -3.15. The normalized spacial score (nSPS) is 16.6. The molecule has 1 N–H and O–H groups in total. The average Bonchev–Trinajstić information content (AvgIpc) is 3.45. The van der Waals surface area contributed by atoms with E-state index >= 15 is 0 Å². The summed E-state index contributed by atoms with van der Waals surface area (Å²) in [6, 6.07) is 10.5. The third kappa shape index (κ3) is 4.86. The second kappa shape index (κ2) is 9.81. The zero-order chi connectivity index (χ0) is 26.2. The minimum absolute atomic E-state index is 0.00490. The highest BCUT2D eigenvalue weighted by Crippen LogP contribution is 2.35. The van der Waals surface area contributed by atoms with Crippen molar-refractivity contribution >= 4 is 26.8 Å². The maximum absolute atomic E-state index is 13.5. The molecule has 1 amide bonds. The van der Waals surface area contributed by atoms with Gasteiger partial charge in [0.25, 0.3) is 5.91 Å². The van der Waals surface area contributed by atoms with E-state index in [-0.39, 0.29) is 23.5 Å². The van der Waals surface area contributed by atoms with Gasteiger partial charge in [0.1, 0.15) is 0 Å². The van der Waals surface area contributed by atoms with E-state index < -0.39 is 9.84 Å². The van der Waals surface area contributed by atoms with E-state index in [1.54, 1.807) is 56.4 Å². The van der Waals surface area contributed by atoms with Gasteiger partial charge in [-0.15, -0.1) is 0 Å². The lowest BCUT2D eigenvalue weighted by Gasteiger charge is -2.13. The molecule has 1 aliphatic rings. The SMILES string of the molecule is COc1ccc(-c2cc(C(=O)NCc3ccncc3)c3c(C)nn(C4CCS(=O)(=O)C4)c3n2)cc1OC. The van der Waals surface area contributed by atoms with Gasteiger partial charge in [0.05, 0.1) is 54.1 Å². The molecule has 0 bridgehead atoms. The topological polar surface area (TPSA) is 125 Å². The molecule has 0 aliphatic carbocycles. The van der Waals surface area contributed by atoms with E-state index in [0.717, 1.165) is 5.56 Å². The summed E-state index contributed by atoms with van der Waals surface area (Å²) in [6.45, 7) is 2.13. The van der Waals surface area contributed by atoms with Crippen molar-refractivity contribution in [3.8, 4) is 22.8 Å². The largest absolute Gasteiger partial charge is 0.493 e. The molecular weight excluding hydrogens is 494 g/mol. The van der Waals surface area contributed by atoms with Crippen LogP contribution in [0.5, 0.6) is 11.5 Å². The van der Waals surface area contributed by atoms with E-state index in [1.165, 1.54) is 0 Å². The molecule has 1 fully saturated rings. The van der Waals surface area contributed by atoms with Gasteiger partial charge >= 0.3 is 0 Å². The predicted octanol–water partition coefficient (Wildman–Crippen LogP) is 3.11. The first-order chi connectivity index (χ1) is 17.8. The van der Waals surface area contributed by atoms with E-state index in [9.17, 15) is 13.2 Å². The zero-order valence-corrected chi connectivity index (χ0v) is 21.6. The van der Waals surface area contributed by atoms with Crippen LogP contribution < -0.4 is 14.8 Å². The van der Waals surface area contributed by atoms with Crippen molar-refractivity contribution < 1.29 is 22.7 Å². The highest BCUT2D eigenvalue weighted by Gasteiger charge is 2.32. The highest BCUT2D eigenvalue weighted by molar-refractivity contribution is 7.91. The van der Waals surface area contributed by atoms with Crippen LogP contribution in [0.25, 0.3) is 22.3 Å². The van der Waals surface area contributed by atoms with E-state index in [0.29, 0.717) is 58.0 Å². The second-order valence-corrected chi connectivity index (χ2v) is 11.2. The third-order valence-corrected chi connectivity index (χ3v) is 8.27. The molecule has 1 aromatic carbocycles. The molecule has 1 aliphatic heterocycles.